The van der Waals surface area contributed by atoms with Gasteiger partial charge < -0.3 is 18.0 Å². The van der Waals surface area contributed by atoms with E-state index in [1.165, 1.54) is 32.6 Å². The lowest BCUT2D eigenvalue weighted by atomic mass is 10.00. The first-order valence-corrected chi connectivity index (χ1v) is 19.1. The van der Waals surface area contributed by atoms with Gasteiger partial charge in [0.1, 0.15) is 16.7 Å². The Morgan fingerprint density at radius 1 is 0.321 bits per heavy atom. The van der Waals surface area contributed by atoms with Crippen molar-refractivity contribution in [2.45, 2.75) is 0 Å². The molecule has 0 aliphatic carbocycles. The lowest BCUT2D eigenvalue weighted by Crippen LogP contribution is -1.94. The summed E-state index contributed by atoms with van der Waals surface area (Å²) in [6, 6.07) is 65.4. The normalized spacial score (nSPS) is 12.3. The standard InChI is InChI=1S/C52H30N2O2/c1-2-11-32-28-35(23-20-31(32)10-1)53-43-16-6-3-12-36(43)41-29-33(21-25-44(41)53)34-22-26-45-42(30-34)50-46(27-24-40-38-14-5-8-19-49(38)56-52(40)50)54(45)47-17-9-15-39-37-13-4-7-18-48(37)55-51(39)47/h1-30H. The molecule has 0 saturated carbocycles. The van der Waals surface area contributed by atoms with Gasteiger partial charge in [0.25, 0.3) is 0 Å². The zero-order valence-corrected chi connectivity index (χ0v) is 30.0. The third-order valence-electron chi connectivity index (χ3n) is 11.9. The van der Waals surface area contributed by atoms with Crippen LogP contribution in [0.1, 0.15) is 0 Å². The molecule has 0 unspecified atom stereocenters. The van der Waals surface area contributed by atoms with Gasteiger partial charge in [0, 0.05) is 43.4 Å². The number of rotatable bonds is 3. The van der Waals surface area contributed by atoms with Crippen LogP contribution in [0.4, 0.5) is 0 Å². The molecule has 13 aromatic rings. The third-order valence-corrected chi connectivity index (χ3v) is 11.9. The van der Waals surface area contributed by atoms with E-state index in [1.807, 2.05) is 18.2 Å². The Hall–Kier alpha value is -7.56. The van der Waals surface area contributed by atoms with Crippen molar-refractivity contribution < 1.29 is 8.83 Å². The summed E-state index contributed by atoms with van der Waals surface area (Å²) in [6.45, 7) is 0. The molecular weight excluding hydrogens is 685 g/mol. The van der Waals surface area contributed by atoms with Crippen LogP contribution >= 0.6 is 0 Å². The topological polar surface area (TPSA) is 36.1 Å². The van der Waals surface area contributed by atoms with Crippen LogP contribution < -0.4 is 0 Å². The molecule has 0 fully saturated rings. The molecule has 0 spiro atoms. The van der Waals surface area contributed by atoms with Gasteiger partial charge in [0.05, 0.1) is 33.1 Å². The molecule has 9 aromatic carbocycles. The van der Waals surface area contributed by atoms with Gasteiger partial charge in [-0.25, -0.2) is 0 Å². The van der Waals surface area contributed by atoms with Crippen LogP contribution in [0.3, 0.4) is 0 Å². The molecule has 0 N–H and O–H groups in total. The summed E-state index contributed by atoms with van der Waals surface area (Å²) in [7, 11) is 0. The number of furan rings is 2. The Morgan fingerprint density at radius 2 is 0.911 bits per heavy atom. The number of aromatic nitrogens is 2. The van der Waals surface area contributed by atoms with Crippen LogP contribution in [-0.4, -0.2) is 9.13 Å². The van der Waals surface area contributed by atoms with Crippen LogP contribution in [-0.2, 0) is 0 Å². The molecule has 4 heteroatoms. The minimum atomic E-state index is 0.870. The van der Waals surface area contributed by atoms with E-state index in [2.05, 4.69) is 173 Å². The predicted octanol–water partition coefficient (Wildman–Crippen LogP) is 14.5. The van der Waals surface area contributed by atoms with E-state index in [9.17, 15) is 0 Å². The fraction of sp³-hybridized carbons (Fsp3) is 0. The first-order chi connectivity index (χ1) is 27.8. The van der Waals surface area contributed by atoms with Crippen molar-refractivity contribution in [3.63, 3.8) is 0 Å². The second kappa shape index (κ2) is 11.0. The van der Waals surface area contributed by atoms with Crippen LogP contribution in [0, 0.1) is 0 Å². The molecule has 0 bridgehead atoms. The summed E-state index contributed by atoms with van der Waals surface area (Å²) in [5, 5.41) is 11.6. The molecular formula is C52H30N2O2. The first kappa shape index (κ1) is 29.8. The van der Waals surface area contributed by atoms with Gasteiger partial charge in [-0.2, -0.15) is 0 Å². The maximum atomic E-state index is 6.74. The molecule has 0 amide bonds. The highest BCUT2D eigenvalue weighted by molar-refractivity contribution is 6.25. The highest BCUT2D eigenvalue weighted by Gasteiger charge is 2.22. The monoisotopic (exact) mass is 714 g/mol. The summed E-state index contributed by atoms with van der Waals surface area (Å²) in [4.78, 5) is 0. The summed E-state index contributed by atoms with van der Waals surface area (Å²) in [5.74, 6) is 0. The van der Waals surface area contributed by atoms with E-state index in [-0.39, 0.29) is 0 Å². The van der Waals surface area contributed by atoms with E-state index >= 15 is 0 Å². The predicted molar refractivity (Wildman–Crippen MR) is 233 cm³/mol. The Kier molecular flexibility index (Phi) is 5.86. The average molecular weight is 715 g/mol. The Balaban J connectivity index is 1.08. The summed E-state index contributed by atoms with van der Waals surface area (Å²) >= 11 is 0. The quantitative estimate of drug-likeness (QED) is 0.183. The smallest absolute Gasteiger partial charge is 0.159 e. The van der Waals surface area contributed by atoms with Gasteiger partial charge >= 0.3 is 0 Å². The molecule has 260 valence electrons. The van der Waals surface area contributed by atoms with Crippen LogP contribution in [0.15, 0.2) is 191 Å². The van der Waals surface area contributed by atoms with E-state index in [0.717, 1.165) is 88.2 Å². The van der Waals surface area contributed by atoms with Crippen LogP contribution in [0.25, 0.3) is 121 Å². The van der Waals surface area contributed by atoms with Crippen molar-refractivity contribution in [3.8, 4) is 22.5 Å². The van der Waals surface area contributed by atoms with Gasteiger partial charge in [-0.15, -0.1) is 0 Å². The molecule has 0 atom stereocenters. The van der Waals surface area contributed by atoms with Crippen molar-refractivity contribution >= 4 is 98.3 Å². The van der Waals surface area contributed by atoms with E-state index < -0.39 is 0 Å². The average Bonchev–Trinajstić information content (AvgIpc) is 4.00. The Bertz CT molecular complexity index is 3780. The number of benzene rings is 9. The van der Waals surface area contributed by atoms with Crippen LogP contribution in [0.5, 0.6) is 0 Å². The first-order valence-electron chi connectivity index (χ1n) is 19.1. The van der Waals surface area contributed by atoms with Crippen molar-refractivity contribution in [3.05, 3.63) is 182 Å². The summed E-state index contributed by atoms with van der Waals surface area (Å²) < 4.78 is 18.1. The van der Waals surface area contributed by atoms with Gasteiger partial charge in [-0.3, -0.25) is 0 Å². The number of para-hydroxylation sites is 4. The maximum Gasteiger partial charge on any atom is 0.159 e. The highest BCUT2D eigenvalue weighted by Crippen LogP contribution is 2.44. The lowest BCUT2D eigenvalue weighted by molar-refractivity contribution is 0.666. The fourth-order valence-electron chi connectivity index (χ4n) is 9.38. The van der Waals surface area contributed by atoms with Gasteiger partial charge in [0.2, 0.25) is 0 Å². The highest BCUT2D eigenvalue weighted by atomic mass is 16.3. The molecule has 4 aromatic heterocycles. The Labute approximate surface area is 319 Å². The van der Waals surface area contributed by atoms with Crippen molar-refractivity contribution in [2.24, 2.45) is 0 Å². The molecule has 0 saturated heterocycles. The summed E-state index contributed by atoms with van der Waals surface area (Å²) in [5.41, 5.74) is 12.6. The second-order valence-electron chi connectivity index (χ2n) is 14.9. The minimum absolute atomic E-state index is 0.870. The number of hydrogen-bond acceptors (Lipinski definition) is 2. The van der Waals surface area contributed by atoms with Gasteiger partial charge in [0.15, 0.2) is 5.58 Å². The number of nitrogens with zero attached hydrogens (tertiary/aromatic N) is 2. The second-order valence-corrected chi connectivity index (χ2v) is 14.9. The van der Waals surface area contributed by atoms with E-state index in [1.54, 1.807) is 0 Å². The lowest BCUT2D eigenvalue weighted by Gasteiger charge is -2.10. The number of hydrogen-bond donors (Lipinski definition) is 0. The van der Waals surface area contributed by atoms with Crippen LogP contribution in [0.2, 0.25) is 0 Å². The molecule has 0 aliphatic heterocycles. The summed E-state index contributed by atoms with van der Waals surface area (Å²) in [6.07, 6.45) is 0. The fourth-order valence-corrected chi connectivity index (χ4v) is 9.38. The molecule has 0 radical (unpaired) electrons. The molecule has 0 aliphatic rings. The maximum absolute atomic E-state index is 6.74. The zero-order valence-electron chi connectivity index (χ0n) is 30.0. The van der Waals surface area contributed by atoms with Crippen molar-refractivity contribution in [2.75, 3.05) is 0 Å². The van der Waals surface area contributed by atoms with Gasteiger partial charge in [-0.1, -0.05) is 109 Å². The third kappa shape index (κ3) is 4.02. The molecule has 4 heterocycles. The van der Waals surface area contributed by atoms with Crippen molar-refractivity contribution in [1.29, 1.82) is 0 Å². The van der Waals surface area contributed by atoms with E-state index in [0.29, 0.717) is 0 Å². The molecule has 56 heavy (non-hydrogen) atoms. The van der Waals surface area contributed by atoms with Gasteiger partial charge in [-0.05, 0) is 94.7 Å². The number of fused-ring (bicyclic) bond motifs is 14. The Morgan fingerprint density at radius 3 is 1.71 bits per heavy atom. The molecule has 4 nitrogen and oxygen atoms in total. The minimum Gasteiger partial charge on any atom is -0.455 e. The largest absolute Gasteiger partial charge is 0.455 e. The molecule has 13 rings (SSSR count). The van der Waals surface area contributed by atoms with E-state index in [4.69, 9.17) is 8.83 Å². The van der Waals surface area contributed by atoms with Crippen molar-refractivity contribution in [1.82, 2.24) is 9.13 Å². The SMILES string of the molecule is c1ccc2cc(-n3c4ccccc4c4cc(-c5ccc6c(c5)c5c7oc8ccccc8c7ccc5n6-c5cccc6c5oc5ccccc56)ccc43)ccc2c1. The zero-order chi connectivity index (χ0) is 36.5.